The Morgan fingerprint density at radius 3 is 1.88 bits per heavy atom. The molecule has 0 nitrogen and oxygen atoms in total. The summed E-state index contributed by atoms with van der Waals surface area (Å²) < 4.78 is 0. The summed E-state index contributed by atoms with van der Waals surface area (Å²) in [5.41, 5.74) is 0. The van der Waals surface area contributed by atoms with Gasteiger partial charge in [0.1, 0.15) is 0 Å². The monoisotopic (exact) mass is 254 g/mol. The molecule has 44 valence electrons. The van der Waals surface area contributed by atoms with Crippen LogP contribution in [-0.4, -0.2) is 23.1 Å². The van der Waals surface area contributed by atoms with Crippen LogP contribution in [0.5, 0.6) is 0 Å². The van der Waals surface area contributed by atoms with Crippen LogP contribution in [-0.2, 0) is 0 Å². The van der Waals surface area contributed by atoms with Crippen molar-refractivity contribution in [3.63, 3.8) is 0 Å². The Kier molecular flexibility index (Phi) is 67.9. The minimum absolute atomic E-state index is 0. The molecule has 3 heteroatoms. The molecular weight excluding hydrogens is 247 g/mol. The molecule has 0 aromatic rings. The van der Waals surface area contributed by atoms with E-state index in [0.29, 0.717) is 0 Å². The molecule has 0 aromatic heterocycles. The second-order valence-electron chi connectivity index (χ2n) is 0.927. The van der Waals surface area contributed by atoms with Crippen molar-refractivity contribution in [3.05, 3.63) is 6.42 Å². The fourth-order valence-corrected chi connectivity index (χ4v) is 0.125. The van der Waals surface area contributed by atoms with E-state index in [1.165, 1.54) is 0 Å². The van der Waals surface area contributed by atoms with Gasteiger partial charge >= 0.3 is 23.1 Å². The third-order valence-electron chi connectivity index (χ3n) is 0.375. The number of hydrogen-bond donors (Lipinski definition) is 0. The summed E-state index contributed by atoms with van der Waals surface area (Å²) in [4.78, 5) is 0. The Balaban J connectivity index is -0.0000000267. The fourth-order valence-electron chi connectivity index (χ4n) is 0.125. The summed E-state index contributed by atoms with van der Waals surface area (Å²) in [6.45, 7) is 2.03. The van der Waals surface area contributed by atoms with Gasteiger partial charge in [0.05, 0.1) is 0 Å². The van der Waals surface area contributed by atoms with Gasteiger partial charge in [0.25, 0.3) is 0 Å². The minimum Gasteiger partial charge on any atom is -1.00 e. The predicted molar refractivity (Wildman–Crippen MR) is 43.2 cm³/mol. The molecule has 0 aromatic carbocycles. The molecule has 0 atom stereocenters. The van der Waals surface area contributed by atoms with Gasteiger partial charge in [0, 0.05) is 0 Å². The van der Waals surface area contributed by atoms with Crippen LogP contribution in [0.15, 0.2) is 0 Å². The molecule has 0 aliphatic carbocycles. The van der Waals surface area contributed by atoms with Gasteiger partial charge in [0.15, 0.2) is 0 Å². The van der Waals surface area contributed by atoms with Gasteiger partial charge < -0.3 is 24.8 Å². The van der Waals surface area contributed by atoms with E-state index >= 15 is 0 Å². The topological polar surface area (TPSA) is 0 Å². The van der Waals surface area contributed by atoms with E-state index in [0.717, 1.165) is 12.8 Å². The fraction of sp³-hybridized carbons (Fsp3) is 0.600. The molecule has 0 aliphatic heterocycles. The Hall–Kier alpha value is 1.35. The van der Waals surface area contributed by atoms with E-state index < -0.39 is 0 Å². The summed E-state index contributed by atoms with van der Waals surface area (Å²) in [6, 6.07) is 0. The van der Waals surface area contributed by atoms with Gasteiger partial charge in [-0.3, -0.25) is 0 Å². The molecule has 8 heavy (non-hydrogen) atoms. The first-order valence-electron chi connectivity index (χ1n) is 1.81. The maximum absolute atomic E-state index is 6.35. The standard InChI is InChI=1S/C5H7.ClH.HI.Mg/c1-3-5-4-2;;;/h3,5H2,1H3;2*1H;/q-1;;;+2/p-1. The molecule has 0 fully saturated rings. The average molecular weight is 255 g/mol. The van der Waals surface area contributed by atoms with Crippen molar-refractivity contribution in [2.24, 2.45) is 0 Å². The van der Waals surface area contributed by atoms with Gasteiger partial charge in [-0.25, -0.2) is 0 Å². The molecular formula is C5H8ClIMg. The Morgan fingerprint density at radius 1 is 1.50 bits per heavy atom. The summed E-state index contributed by atoms with van der Waals surface area (Å²) >= 11 is 0. The van der Waals surface area contributed by atoms with E-state index in [4.69, 9.17) is 6.42 Å². The summed E-state index contributed by atoms with van der Waals surface area (Å²) in [5.74, 6) is 2.27. The molecule has 0 N–H and O–H groups in total. The second kappa shape index (κ2) is 23.8. The maximum atomic E-state index is 6.35. The van der Waals surface area contributed by atoms with Crippen LogP contribution >= 0.6 is 24.0 Å². The zero-order valence-electron chi connectivity index (χ0n) is 4.91. The van der Waals surface area contributed by atoms with Gasteiger partial charge in [-0.05, 0) is 12.8 Å². The Bertz CT molecular complexity index is 50.9. The van der Waals surface area contributed by atoms with Crippen LogP contribution in [0.3, 0.4) is 0 Å². The first-order chi connectivity index (χ1) is 2.41. The van der Waals surface area contributed by atoms with E-state index in [9.17, 15) is 0 Å². The van der Waals surface area contributed by atoms with Crippen LogP contribution in [0, 0.1) is 12.3 Å². The van der Waals surface area contributed by atoms with Crippen LogP contribution in [0.2, 0.25) is 0 Å². The first-order valence-corrected chi connectivity index (χ1v) is 1.81. The zero-order valence-corrected chi connectivity index (χ0v) is 9.41. The SMILES string of the molecule is I.[C-]#CCCC.[Cl-].[Mg+2]. The second-order valence-corrected chi connectivity index (χ2v) is 0.927. The summed E-state index contributed by atoms with van der Waals surface area (Å²) in [5, 5.41) is 0. The third kappa shape index (κ3) is 26.4. The molecule has 0 bridgehead atoms. The van der Waals surface area contributed by atoms with Crippen molar-refractivity contribution >= 4 is 47.0 Å². The van der Waals surface area contributed by atoms with Crippen molar-refractivity contribution in [2.45, 2.75) is 19.8 Å². The van der Waals surface area contributed by atoms with Crippen molar-refractivity contribution in [3.8, 4) is 5.92 Å². The van der Waals surface area contributed by atoms with Gasteiger partial charge in [-0.2, -0.15) is 0 Å². The normalized spacial score (nSPS) is 4.00. The summed E-state index contributed by atoms with van der Waals surface area (Å²) in [6.07, 6.45) is 8.20. The minimum atomic E-state index is 0. The predicted octanol–water partition coefficient (Wildman–Crippen LogP) is -1.38. The maximum Gasteiger partial charge on any atom is 2.00 e. The molecule has 0 heterocycles. The molecule has 0 unspecified atom stereocenters. The number of rotatable bonds is 1. The van der Waals surface area contributed by atoms with Gasteiger partial charge in [0.2, 0.25) is 0 Å². The van der Waals surface area contributed by atoms with E-state index in [2.05, 4.69) is 5.92 Å². The molecule has 0 amide bonds. The molecule has 0 rings (SSSR count). The number of halogens is 2. The van der Waals surface area contributed by atoms with Crippen molar-refractivity contribution in [1.29, 1.82) is 0 Å². The van der Waals surface area contributed by atoms with Crippen molar-refractivity contribution in [2.75, 3.05) is 0 Å². The van der Waals surface area contributed by atoms with Crippen LogP contribution in [0.1, 0.15) is 19.8 Å². The largest absolute Gasteiger partial charge is 2.00 e. The van der Waals surface area contributed by atoms with E-state index in [-0.39, 0.29) is 59.4 Å². The quantitative estimate of drug-likeness (QED) is 0.234. The molecule has 0 spiro atoms. The Morgan fingerprint density at radius 2 is 1.88 bits per heavy atom. The molecule has 0 aliphatic rings. The van der Waals surface area contributed by atoms with Gasteiger partial charge in [-0.15, -0.1) is 24.0 Å². The third-order valence-corrected chi connectivity index (χ3v) is 0.375. The molecule has 0 saturated carbocycles. The summed E-state index contributed by atoms with van der Waals surface area (Å²) in [7, 11) is 0. The Labute approximate surface area is 90.8 Å². The van der Waals surface area contributed by atoms with E-state index in [1.807, 2.05) is 6.92 Å². The van der Waals surface area contributed by atoms with Crippen molar-refractivity contribution in [1.82, 2.24) is 0 Å². The number of hydrogen-bond acceptors (Lipinski definition) is 0. The van der Waals surface area contributed by atoms with Crippen LogP contribution < -0.4 is 12.4 Å². The van der Waals surface area contributed by atoms with Gasteiger partial charge in [-0.1, -0.05) is 6.92 Å². The first kappa shape index (κ1) is 22.8. The molecule has 0 radical (unpaired) electrons. The van der Waals surface area contributed by atoms with Crippen LogP contribution in [0.25, 0.3) is 0 Å². The average Bonchev–Trinajstić information content (AvgIpc) is 1.41. The van der Waals surface area contributed by atoms with Crippen LogP contribution in [0.4, 0.5) is 0 Å². The smallest absolute Gasteiger partial charge is 1.00 e. The zero-order chi connectivity index (χ0) is 4.12. The molecule has 0 saturated heterocycles. The number of unbranched alkanes of at least 4 members (excludes halogenated alkanes) is 1. The van der Waals surface area contributed by atoms with E-state index in [1.54, 1.807) is 0 Å². The van der Waals surface area contributed by atoms with Crippen molar-refractivity contribution < 1.29 is 12.4 Å².